The summed E-state index contributed by atoms with van der Waals surface area (Å²) in [4.78, 5) is 14.8. The van der Waals surface area contributed by atoms with Gasteiger partial charge in [-0.15, -0.1) is 23.7 Å². The van der Waals surface area contributed by atoms with Crippen molar-refractivity contribution in [2.45, 2.75) is 23.8 Å². The standard InChI is InChI=1S/C14H21N3O4S2.ClH/c15-11-2-1-4-16(10-11)14(18)13-12(3-9-22-13)23(19,20)17-5-7-21-8-6-17;/h3,9,11H,1-2,4-8,10,15H2;1H. The minimum Gasteiger partial charge on any atom is -0.379 e. The van der Waals surface area contributed by atoms with Gasteiger partial charge in [0.2, 0.25) is 10.0 Å². The van der Waals surface area contributed by atoms with Gasteiger partial charge >= 0.3 is 0 Å². The van der Waals surface area contributed by atoms with Gasteiger partial charge in [0.15, 0.2) is 0 Å². The molecule has 2 fully saturated rings. The highest BCUT2D eigenvalue weighted by Gasteiger charge is 2.33. The van der Waals surface area contributed by atoms with Crippen molar-refractivity contribution in [1.29, 1.82) is 0 Å². The van der Waals surface area contributed by atoms with E-state index in [2.05, 4.69) is 0 Å². The molecule has 10 heteroatoms. The zero-order valence-corrected chi connectivity index (χ0v) is 15.7. The lowest BCUT2D eigenvalue weighted by Gasteiger charge is -2.31. The fraction of sp³-hybridized carbons (Fsp3) is 0.643. The van der Waals surface area contributed by atoms with Crippen LogP contribution in [-0.2, 0) is 14.8 Å². The number of rotatable bonds is 3. The van der Waals surface area contributed by atoms with Crippen molar-refractivity contribution in [2.75, 3.05) is 39.4 Å². The van der Waals surface area contributed by atoms with E-state index in [0.717, 1.165) is 12.8 Å². The van der Waals surface area contributed by atoms with E-state index in [4.69, 9.17) is 10.5 Å². The zero-order chi connectivity index (χ0) is 16.4. The smallest absolute Gasteiger partial charge is 0.265 e. The third kappa shape index (κ3) is 3.92. The predicted molar refractivity (Wildman–Crippen MR) is 94.3 cm³/mol. The number of amides is 1. The molecule has 3 heterocycles. The van der Waals surface area contributed by atoms with Crippen molar-refractivity contribution in [3.8, 4) is 0 Å². The summed E-state index contributed by atoms with van der Waals surface area (Å²) < 4.78 is 32.2. The average Bonchev–Trinajstić information content (AvgIpc) is 3.05. The number of sulfonamides is 1. The van der Waals surface area contributed by atoms with Crippen LogP contribution in [0.15, 0.2) is 16.3 Å². The maximum atomic E-state index is 12.8. The van der Waals surface area contributed by atoms with Crippen molar-refractivity contribution in [3.05, 3.63) is 16.3 Å². The van der Waals surface area contributed by atoms with E-state index in [1.54, 1.807) is 10.3 Å². The van der Waals surface area contributed by atoms with Gasteiger partial charge in [-0.1, -0.05) is 0 Å². The number of ether oxygens (including phenoxy) is 1. The molecule has 0 aromatic carbocycles. The lowest BCUT2D eigenvalue weighted by molar-refractivity contribution is 0.0704. The molecule has 2 aliphatic heterocycles. The zero-order valence-electron chi connectivity index (χ0n) is 13.2. The number of hydrogen-bond donors (Lipinski definition) is 1. The number of carbonyl (C=O) groups is 1. The Labute approximate surface area is 152 Å². The number of thiophene rings is 1. The number of morpholine rings is 1. The second-order valence-corrected chi connectivity index (χ2v) is 8.61. The minimum absolute atomic E-state index is 0. The van der Waals surface area contributed by atoms with E-state index in [1.807, 2.05) is 0 Å². The summed E-state index contributed by atoms with van der Waals surface area (Å²) in [6.07, 6.45) is 1.75. The van der Waals surface area contributed by atoms with Crippen LogP contribution in [0.4, 0.5) is 0 Å². The van der Waals surface area contributed by atoms with Gasteiger partial charge in [-0.25, -0.2) is 8.42 Å². The largest absolute Gasteiger partial charge is 0.379 e. The fourth-order valence-electron chi connectivity index (χ4n) is 2.92. The molecule has 0 bridgehead atoms. The summed E-state index contributed by atoms with van der Waals surface area (Å²) in [7, 11) is -3.66. The maximum absolute atomic E-state index is 12.8. The molecule has 1 amide bonds. The molecular weight excluding hydrogens is 374 g/mol. The first-order chi connectivity index (χ1) is 11.0. The van der Waals surface area contributed by atoms with E-state index in [9.17, 15) is 13.2 Å². The van der Waals surface area contributed by atoms with E-state index in [-0.39, 0.29) is 34.1 Å². The fourth-order valence-corrected chi connectivity index (χ4v) is 5.69. The van der Waals surface area contributed by atoms with Crippen LogP contribution in [0, 0.1) is 0 Å². The summed E-state index contributed by atoms with van der Waals surface area (Å²) in [6.45, 7) is 2.51. The number of hydrogen-bond acceptors (Lipinski definition) is 6. The van der Waals surface area contributed by atoms with Crippen LogP contribution in [0.3, 0.4) is 0 Å². The Bertz CT molecular complexity index is 673. The highest BCUT2D eigenvalue weighted by molar-refractivity contribution is 7.89. The Balaban J connectivity index is 0.00000208. The normalized spacial score (nSPS) is 22.9. The van der Waals surface area contributed by atoms with Gasteiger partial charge in [-0.05, 0) is 24.3 Å². The minimum atomic E-state index is -3.66. The molecule has 1 unspecified atom stereocenters. The molecule has 136 valence electrons. The van der Waals surface area contributed by atoms with Gasteiger partial charge in [0.1, 0.15) is 9.77 Å². The van der Waals surface area contributed by atoms with Gasteiger partial charge in [-0.3, -0.25) is 4.79 Å². The van der Waals surface area contributed by atoms with E-state index in [0.29, 0.717) is 39.4 Å². The molecule has 0 saturated carbocycles. The van der Waals surface area contributed by atoms with Gasteiger partial charge in [0.05, 0.1) is 13.2 Å². The molecule has 3 rings (SSSR count). The molecule has 1 atom stereocenters. The van der Waals surface area contributed by atoms with E-state index in [1.165, 1.54) is 21.7 Å². The highest BCUT2D eigenvalue weighted by Crippen LogP contribution is 2.28. The van der Waals surface area contributed by atoms with Crippen LogP contribution in [-0.4, -0.2) is 69.0 Å². The molecule has 24 heavy (non-hydrogen) atoms. The van der Waals surface area contributed by atoms with Gasteiger partial charge in [-0.2, -0.15) is 4.31 Å². The SMILES string of the molecule is Cl.NC1CCCN(C(=O)c2sccc2S(=O)(=O)N2CCOCC2)C1. The molecule has 7 nitrogen and oxygen atoms in total. The van der Waals surface area contributed by atoms with Crippen LogP contribution in [0.1, 0.15) is 22.5 Å². The topological polar surface area (TPSA) is 92.9 Å². The molecule has 1 aromatic rings. The van der Waals surface area contributed by atoms with Crippen molar-refractivity contribution in [1.82, 2.24) is 9.21 Å². The number of likely N-dealkylation sites (tertiary alicyclic amines) is 1. The summed E-state index contributed by atoms with van der Waals surface area (Å²) in [5, 5.41) is 1.66. The summed E-state index contributed by atoms with van der Waals surface area (Å²) >= 11 is 1.17. The second kappa shape index (κ2) is 8.11. The van der Waals surface area contributed by atoms with Crippen molar-refractivity contribution in [3.63, 3.8) is 0 Å². The van der Waals surface area contributed by atoms with Crippen molar-refractivity contribution >= 4 is 39.7 Å². The molecule has 2 aliphatic rings. The molecule has 2 saturated heterocycles. The van der Waals surface area contributed by atoms with Crippen LogP contribution >= 0.6 is 23.7 Å². The summed E-state index contributed by atoms with van der Waals surface area (Å²) in [6, 6.07) is 1.49. The van der Waals surface area contributed by atoms with Crippen LogP contribution < -0.4 is 5.73 Å². The number of nitrogens with two attached hydrogens (primary N) is 1. The molecule has 2 N–H and O–H groups in total. The van der Waals surface area contributed by atoms with Crippen molar-refractivity contribution in [2.24, 2.45) is 5.73 Å². The number of piperidine rings is 1. The molecular formula is C14H22ClN3O4S2. The Hall–Kier alpha value is -0.710. The lowest BCUT2D eigenvalue weighted by atomic mass is 10.1. The summed E-state index contributed by atoms with van der Waals surface area (Å²) in [5.41, 5.74) is 5.93. The van der Waals surface area contributed by atoms with Gasteiger partial charge in [0, 0.05) is 32.2 Å². The van der Waals surface area contributed by atoms with E-state index < -0.39 is 10.0 Å². The van der Waals surface area contributed by atoms with Crippen LogP contribution in [0.2, 0.25) is 0 Å². The predicted octanol–water partition coefficient (Wildman–Crippen LogP) is 0.754. The summed E-state index contributed by atoms with van der Waals surface area (Å²) in [5.74, 6) is -0.234. The Morgan fingerprint density at radius 3 is 2.67 bits per heavy atom. The first-order valence-corrected chi connectivity index (χ1v) is 10.0. The third-order valence-corrected chi connectivity index (χ3v) is 7.13. The van der Waals surface area contributed by atoms with Crippen LogP contribution in [0.25, 0.3) is 0 Å². The Kier molecular flexibility index (Phi) is 6.63. The molecule has 0 aliphatic carbocycles. The monoisotopic (exact) mass is 395 g/mol. The maximum Gasteiger partial charge on any atom is 0.265 e. The van der Waals surface area contributed by atoms with Crippen LogP contribution in [0.5, 0.6) is 0 Å². The quantitative estimate of drug-likeness (QED) is 0.815. The third-order valence-electron chi connectivity index (χ3n) is 4.16. The first-order valence-electron chi connectivity index (χ1n) is 7.70. The molecule has 0 spiro atoms. The number of halogens is 1. The highest BCUT2D eigenvalue weighted by atomic mass is 35.5. The molecule has 0 radical (unpaired) electrons. The van der Waals surface area contributed by atoms with E-state index >= 15 is 0 Å². The van der Waals surface area contributed by atoms with Gasteiger partial charge in [0.25, 0.3) is 5.91 Å². The lowest BCUT2D eigenvalue weighted by Crippen LogP contribution is -2.46. The Morgan fingerprint density at radius 1 is 1.29 bits per heavy atom. The second-order valence-electron chi connectivity index (χ2n) is 5.78. The van der Waals surface area contributed by atoms with Crippen molar-refractivity contribution < 1.29 is 17.9 Å². The number of carbonyl (C=O) groups excluding carboxylic acids is 1. The average molecular weight is 396 g/mol. The van der Waals surface area contributed by atoms with Gasteiger partial charge < -0.3 is 15.4 Å². The first kappa shape index (κ1) is 19.6. The Morgan fingerprint density at radius 2 is 2.00 bits per heavy atom. The number of nitrogens with zero attached hydrogens (tertiary/aromatic N) is 2. The molecule has 1 aromatic heterocycles.